The molecule has 2 aliphatic rings. The number of hydrogen-bond donors (Lipinski definition) is 1. The first-order chi connectivity index (χ1) is 23.6. The van der Waals surface area contributed by atoms with Crippen LogP contribution in [0.4, 0.5) is 35.9 Å². The zero-order valence-electron chi connectivity index (χ0n) is 27.1. The molecule has 2 aliphatic heterocycles. The van der Waals surface area contributed by atoms with Crippen molar-refractivity contribution >= 4 is 18.0 Å². The van der Waals surface area contributed by atoms with Gasteiger partial charge in [-0.05, 0) is 54.7 Å². The SMILES string of the molecule is COC[C@]1(N2CC(=O)NC2=O)CC[C@@](CO[C@H](C)c2cc(C(F)(F)F)cc(C(F)(F)F)c2)(c2ccccc2)N(C(=O)OCc2ccccc2)C1. The lowest BCUT2D eigenvalue weighted by Crippen LogP contribution is -2.68. The molecule has 15 heteroatoms. The van der Waals surface area contributed by atoms with Gasteiger partial charge in [0.1, 0.15) is 13.2 Å². The fourth-order valence-corrected chi connectivity index (χ4v) is 6.50. The molecule has 4 amide bonds. The molecule has 2 saturated heterocycles. The Bertz CT molecular complexity index is 1660. The molecule has 50 heavy (non-hydrogen) atoms. The summed E-state index contributed by atoms with van der Waals surface area (Å²) in [6.07, 6.45) is -12.0. The summed E-state index contributed by atoms with van der Waals surface area (Å²) in [4.78, 5) is 42.1. The van der Waals surface area contributed by atoms with Gasteiger partial charge >= 0.3 is 24.5 Å². The number of nitrogens with zero attached hydrogens (tertiary/aromatic N) is 2. The Morgan fingerprint density at radius 3 is 2.02 bits per heavy atom. The Labute approximate surface area is 284 Å². The highest BCUT2D eigenvalue weighted by molar-refractivity contribution is 6.02. The number of likely N-dealkylation sites (tertiary alicyclic amines) is 1. The van der Waals surface area contributed by atoms with Gasteiger partial charge in [0, 0.05) is 7.11 Å². The molecule has 3 atom stereocenters. The first-order valence-electron chi connectivity index (χ1n) is 15.6. The number of methoxy groups -OCH3 is 1. The molecule has 1 N–H and O–H groups in total. The number of halogens is 6. The number of ether oxygens (including phenoxy) is 3. The standard InChI is InChI=1S/C35H35F6N3O6/c1-23(25-15-27(34(36,37)38)17-28(16-25)35(39,40)41)50-22-33(26-11-7-4-8-12-26)14-13-32(21-48-2,43-18-29(45)42-30(43)46)20-44(33)31(47)49-19-24-9-5-3-6-10-24/h3-12,15-17,23H,13-14,18-22H2,1-2H3,(H,42,45,46)/t23-,32+,33-/m1/s1. The fourth-order valence-electron chi connectivity index (χ4n) is 6.50. The Morgan fingerprint density at radius 1 is 0.880 bits per heavy atom. The van der Waals surface area contributed by atoms with Crippen LogP contribution >= 0.6 is 0 Å². The van der Waals surface area contributed by atoms with Crippen molar-refractivity contribution in [1.29, 1.82) is 0 Å². The van der Waals surface area contributed by atoms with Crippen LogP contribution in [0, 0.1) is 0 Å². The average molecular weight is 708 g/mol. The highest BCUT2D eigenvalue weighted by Gasteiger charge is 2.56. The summed E-state index contributed by atoms with van der Waals surface area (Å²) in [5, 5.41) is 2.25. The van der Waals surface area contributed by atoms with Gasteiger partial charge in [0.25, 0.3) is 0 Å². The Hall–Kier alpha value is -4.63. The second-order valence-electron chi connectivity index (χ2n) is 12.4. The molecule has 0 radical (unpaired) electrons. The largest absolute Gasteiger partial charge is 0.445 e. The van der Waals surface area contributed by atoms with E-state index < -0.39 is 58.7 Å². The maximum Gasteiger partial charge on any atom is 0.416 e. The van der Waals surface area contributed by atoms with Gasteiger partial charge in [-0.15, -0.1) is 0 Å². The van der Waals surface area contributed by atoms with Crippen molar-refractivity contribution in [3.8, 4) is 0 Å². The maximum atomic E-state index is 14.2. The molecule has 3 aromatic rings. The van der Waals surface area contributed by atoms with Gasteiger partial charge in [-0.25, -0.2) is 9.59 Å². The number of carbonyl (C=O) groups excluding carboxylic acids is 3. The summed E-state index contributed by atoms with van der Waals surface area (Å²) in [6, 6.07) is 18.0. The van der Waals surface area contributed by atoms with E-state index in [4.69, 9.17) is 14.2 Å². The number of rotatable bonds is 10. The first-order valence-corrected chi connectivity index (χ1v) is 15.6. The minimum atomic E-state index is -5.06. The summed E-state index contributed by atoms with van der Waals surface area (Å²) >= 11 is 0. The first kappa shape index (κ1) is 36.6. The van der Waals surface area contributed by atoms with Crippen LogP contribution in [-0.4, -0.2) is 66.8 Å². The quantitative estimate of drug-likeness (QED) is 0.179. The monoisotopic (exact) mass is 707 g/mol. The molecular weight excluding hydrogens is 672 g/mol. The van der Waals surface area contributed by atoms with Crippen LogP contribution < -0.4 is 5.32 Å². The lowest BCUT2D eigenvalue weighted by molar-refractivity contribution is -0.143. The molecule has 9 nitrogen and oxygen atoms in total. The van der Waals surface area contributed by atoms with Crippen LogP contribution in [0.1, 0.15) is 53.7 Å². The predicted octanol–water partition coefficient (Wildman–Crippen LogP) is 7.07. The molecule has 268 valence electrons. The van der Waals surface area contributed by atoms with E-state index in [0.717, 1.165) is 0 Å². The minimum absolute atomic E-state index is 0.0436. The smallest absolute Gasteiger partial charge is 0.416 e. The van der Waals surface area contributed by atoms with Gasteiger partial charge < -0.3 is 19.1 Å². The molecule has 3 aromatic carbocycles. The zero-order valence-corrected chi connectivity index (χ0v) is 27.1. The number of hydrogen-bond acceptors (Lipinski definition) is 6. The number of piperidine rings is 1. The van der Waals surface area contributed by atoms with Crippen molar-refractivity contribution in [3.05, 3.63) is 107 Å². The molecule has 0 aromatic heterocycles. The molecular formula is C35H35F6N3O6. The van der Waals surface area contributed by atoms with E-state index in [-0.39, 0.29) is 57.4 Å². The Morgan fingerprint density at radius 2 is 1.48 bits per heavy atom. The lowest BCUT2D eigenvalue weighted by Gasteiger charge is -2.55. The lowest BCUT2D eigenvalue weighted by atomic mass is 9.74. The Kier molecular flexibility index (Phi) is 10.5. The van der Waals surface area contributed by atoms with E-state index in [1.165, 1.54) is 23.8 Å². The molecule has 0 saturated carbocycles. The van der Waals surface area contributed by atoms with Gasteiger partial charge in [0.2, 0.25) is 5.91 Å². The van der Waals surface area contributed by atoms with Crippen LogP contribution in [0.25, 0.3) is 0 Å². The summed E-state index contributed by atoms with van der Waals surface area (Å²) in [7, 11) is 1.41. The second kappa shape index (κ2) is 14.3. The normalized spacial score (nSPS) is 22.0. The number of benzene rings is 3. The maximum absolute atomic E-state index is 14.2. The summed E-state index contributed by atoms with van der Waals surface area (Å²) in [6.45, 7) is 0.210. The van der Waals surface area contributed by atoms with E-state index in [2.05, 4.69) is 5.32 Å². The van der Waals surface area contributed by atoms with Crippen LogP contribution in [0.15, 0.2) is 78.9 Å². The summed E-state index contributed by atoms with van der Waals surface area (Å²) in [5.41, 5.74) is -4.74. The number of carbonyl (C=O) groups is 3. The van der Waals surface area contributed by atoms with Crippen LogP contribution in [0.3, 0.4) is 0 Å². The van der Waals surface area contributed by atoms with Crippen LogP contribution in [0.2, 0.25) is 0 Å². The predicted molar refractivity (Wildman–Crippen MR) is 166 cm³/mol. The number of imide groups is 1. The number of nitrogens with one attached hydrogen (secondary N) is 1. The molecule has 0 aliphatic carbocycles. The molecule has 2 heterocycles. The minimum Gasteiger partial charge on any atom is -0.445 e. The highest BCUT2D eigenvalue weighted by Crippen LogP contribution is 2.46. The number of alkyl halides is 6. The van der Waals surface area contributed by atoms with Crippen molar-refractivity contribution < 1.29 is 54.9 Å². The fraction of sp³-hybridized carbons (Fsp3) is 0.400. The van der Waals surface area contributed by atoms with Crippen LogP contribution in [0.5, 0.6) is 0 Å². The molecule has 0 spiro atoms. The molecule has 0 unspecified atom stereocenters. The Balaban J connectivity index is 1.56. The molecule has 2 fully saturated rings. The third-order valence-corrected chi connectivity index (χ3v) is 9.14. The highest BCUT2D eigenvalue weighted by atomic mass is 19.4. The zero-order chi connectivity index (χ0) is 36.3. The van der Waals surface area contributed by atoms with Crippen molar-refractivity contribution in [2.45, 2.75) is 55.9 Å². The summed E-state index contributed by atoms with van der Waals surface area (Å²) in [5.74, 6) is -0.542. The third kappa shape index (κ3) is 7.73. The number of urea groups is 1. The van der Waals surface area contributed by atoms with E-state index in [1.807, 2.05) is 0 Å². The van der Waals surface area contributed by atoms with E-state index >= 15 is 0 Å². The van der Waals surface area contributed by atoms with Gasteiger partial charge in [0.05, 0.1) is 48.1 Å². The molecule has 5 rings (SSSR count). The average Bonchev–Trinajstić information content (AvgIpc) is 3.44. The van der Waals surface area contributed by atoms with E-state index in [9.17, 15) is 40.7 Å². The van der Waals surface area contributed by atoms with E-state index in [1.54, 1.807) is 60.7 Å². The van der Waals surface area contributed by atoms with Crippen molar-refractivity contribution in [3.63, 3.8) is 0 Å². The topological polar surface area (TPSA) is 97.4 Å². The van der Waals surface area contributed by atoms with Crippen molar-refractivity contribution in [2.75, 3.05) is 33.4 Å². The van der Waals surface area contributed by atoms with Crippen LogP contribution in [-0.2, 0) is 43.5 Å². The molecule has 0 bridgehead atoms. The van der Waals surface area contributed by atoms with Crippen molar-refractivity contribution in [2.24, 2.45) is 0 Å². The van der Waals surface area contributed by atoms with E-state index in [0.29, 0.717) is 23.3 Å². The van der Waals surface area contributed by atoms with Crippen molar-refractivity contribution in [1.82, 2.24) is 15.1 Å². The van der Waals surface area contributed by atoms with Gasteiger partial charge in [-0.2, -0.15) is 26.3 Å². The third-order valence-electron chi connectivity index (χ3n) is 9.14. The van der Waals surface area contributed by atoms with Gasteiger partial charge in [-0.1, -0.05) is 60.7 Å². The van der Waals surface area contributed by atoms with Gasteiger partial charge in [-0.3, -0.25) is 15.0 Å². The van der Waals surface area contributed by atoms with Gasteiger partial charge in [0.15, 0.2) is 0 Å². The second-order valence-corrected chi connectivity index (χ2v) is 12.4. The number of amides is 4. The summed E-state index contributed by atoms with van der Waals surface area (Å²) < 4.78 is 99.5.